The quantitative estimate of drug-likeness (QED) is 0.191. The number of nitrogens with one attached hydrogen (secondary N) is 1. The molecule has 0 bridgehead atoms. The number of hydrogen-bond donors (Lipinski definition) is 2. The lowest BCUT2D eigenvalue weighted by Crippen LogP contribution is -2.48. The molecule has 0 spiro atoms. The number of nitrogens with two attached hydrogens (primary N) is 1. The fourth-order valence-corrected chi connectivity index (χ4v) is 7.00. The van der Waals surface area contributed by atoms with E-state index in [1.54, 1.807) is 50.0 Å². The van der Waals surface area contributed by atoms with Crippen molar-refractivity contribution in [2.45, 2.75) is 17.8 Å². The van der Waals surface area contributed by atoms with Crippen LogP contribution in [0.15, 0.2) is 96.3 Å². The van der Waals surface area contributed by atoms with E-state index in [2.05, 4.69) is 24.3 Å². The summed E-state index contributed by atoms with van der Waals surface area (Å²) in [4.78, 5) is 25.3. The Bertz CT molecular complexity index is 2120. The van der Waals surface area contributed by atoms with Crippen molar-refractivity contribution >= 4 is 38.2 Å². The van der Waals surface area contributed by atoms with E-state index in [0.29, 0.717) is 49.6 Å². The third-order valence-corrected chi connectivity index (χ3v) is 9.47. The number of alkyl halides is 3. The van der Waals surface area contributed by atoms with Crippen LogP contribution in [-0.4, -0.2) is 73.7 Å². The first-order valence-electron chi connectivity index (χ1n) is 15.1. The summed E-state index contributed by atoms with van der Waals surface area (Å²) in [7, 11) is -2.97. The Kier molecular flexibility index (Phi) is 9.30. The number of nitrogen functional groups attached to an aromatic ring is 1. The summed E-state index contributed by atoms with van der Waals surface area (Å²) in [5, 5.41) is 0.745. The maximum Gasteiger partial charge on any atom is 0.573 e. The van der Waals surface area contributed by atoms with Gasteiger partial charge in [0.05, 0.1) is 23.2 Å². The van der Waals surface area contributed by atoms with Crippen LogP contribution >= 0.6 is 0 Å². The molecule has 2 aromatic heterocycles. The molecule has 1 saturated heterocycles. The smallest absolute Gasteiger partial charge is 0.496 e. The number of nitrogens with zero attached hydrogens (tertiary/aromatic N) is 4. The van der Waals surface area contributed by atoms with Crippen molar-refractivity contribution in [3.05, 3.63) is 103 Å². The molecule has 0 saturated carbocycles. The molecule has 0 unspecified atom stereocenters. The highest BCUT2D eigenvalue weighted by Crippen LogP contribution is 2.37. The summed E-state index contributed by atoms with van der Waals surface area (Å²) in [6.07, 6.45) is -0.274. The van der Waals surface area contributed by atoms with Crippen LogP contribution < -0.4 is 19.9 Å². The number of ether oxygens (including phenoxy) is 2. The minimum Gasteiger partial charge on any atom is -0.496 e. The van der Waals surface area contributed by atoms with Crippen LogP contribution in [-0.2, 0) is 16.6 Å². The number of carbonyl (C=O) groups is 1. The summed E-state index contributed by atoms with van der Waals surface area (Å²) in [6.45, 7) is 2.18. The summed E-state index contributed by atoms with van der Waals surface area (Å²) in [5.41, 5.74) is 7.74. The van der Waals surface area contributed by atoms with E-state index in [1.807, 2.05) is 12.1 Å². The highest BCUT2D eigenvalue weighted by molar-refractivity contribution is 7.92. The zero-order chi connectivity index (χ0) is 34.8. The predicted octanol–water partition coefficient (Wildman–Crippen LogP) is 5.55. The molecule has 1 fully saturated rings. The molecular weight excluding hydrogens is 661 g/mol. The van der Waals surface area contributed by atoms with Crippen molar-refractivity contribution in [3.8, 4) is 22.6 Å². The summed E-state index contributed by atoms with van der Waals surface area (Å²) in [6, 6.07) is 17.9. The predicted molar refractivity (Wildman–Crippen MR) is 177 cm³/mol. The third kappa shape index (κ3) is 7.52. The number of rotatable bonds is 9. The SMILES string of the molecule is COc1ccncc1CN1CCN(C(=O)c2ccc(NS(=O)(=O)c3ccc(N)cc3-c3cccc4cccnc34)c(OC(F)(F)F)c2)CC1. The number of para-hydroxylation sites is 1. The molecule has 15 heteroatoms. The second-order valence-corrected chi connectivity index (χ2v) is 12.9. The lowest BCUT2D eigenvalue weighted by Gasteiger charge is -2.35. The number of anilines is 2. The maximum atomic E-state index is 13.8. The van der Waals surface area contributed by atoms with Crippen LogP contribution in [0, 0.1) is 0 Å². The zero-order valence-electron chi connectivity index (χ0n) is 26.1. The minimum atomic E-state index is -5.18. The molecule has 6 rings (SSSR count). The monoisotopic (exact) mass is 692 g/mol. The Morgan fingerprint density at radius 3 is 2.47 bits per heavy atom. The summed E-state index contributed by atoms with van der Waals surface area (Å²) in [5.74, 6) is -0.711. The number of methoxy groups -OCH3 is 1. The average molecular weight is 693 g/mol. The van der Waals surface area contributed by atoms with E-state index in [0.717, 1.165) is 23.1 Å². The first-order valence-corrected chi connectivity index (χ1v) is 16.5. The van der Waals surface area contributed by atoms with Crippen LogP contribution in [0.4, 0.5) is 24.5 Å². The third-order valence-electron chi connectivity index (χ3n) is 8.05. The number of sulfonamides is 1. The molecular formula is C34H31F3N6O5S. The molecule has 3 N–H and O–H groups in total. The Labute approximate surface area is 280 Å². The molecule has 0 atom stereocenters. The van der Waals surface area contributed by atoms with Gasteiger partial charge in [0.2, 0.25) is 0 Å². The number of carbonyl (C=O) groups excluding carboxylic acids is 1. The number of piperazine rings is 1. The van der Waals surface area contributed by atoms with Crippen LogP contribution in [0.2, 0.25) is 0 Å². The van der Waals surface area contributed by atoms with E-state index in [9.17, 15) is 26.4 Å². The molecule has 3 aromatic carbocycles. The van der Waals surface area contributed by atoms with Gasteiger partial charge in [-0.05, 0) is 48.5 Å². The molecule has 1 amide bonds. The highest BCUT2D eigenvalue weighted by atomic mass is 32.2. The normalized spacial score (nSPS) is 14.1. The van der Waals surface area contributed by atoms with Crippen molar-refractivity contribution in [1.29, 1.82) is 0 Å². The number of benzene rings is 3. The van der Waals surface area contributed by atoms with Gasteiger partial charge in [0.25, 0.3) is 15.9 Å². The van der Waals surface area contributed by atoms with Gasteiger partial charge in [-0.1, -0.05) is 24.3 Å². The van der Waals surface area contributed by atoms with Crippen molar-refractivity contribution in [1.82, 2.24) is 19.8 Å². The Morgan fingerprint density at radius 2 is 1.71 bits per heavy atom. The molecule has 11 nitrogen and oxygen atoms in total. The Balaban J connectivity index is 1.25. The first-order chi connectivity index (χ1) is 23.4. The average Bonchev–Trinajstić information content (AvgIpc) is 3.08. The fraction of sp³-hybridized carbons (Fsp3) is 0.206. The molecule has 0 radical (unpaired) electrons. The van der Waals surface area contributed by atoms with E-state index in [1.165, 1.54) is 29.2 Å². The molecule has 3 heterocycles. The fourth-order valence-electron chi connectivity index (χ4n) is 5.73. The van der Waals surface area contributed by atoms with Gasteiger partial charge in [-0.2, -0.15) is 0 Å². The number of halogens is 3. The highest BCUT2D eigenvalue weighted by Gasteiger charge is 2.34. The van der Waals surface area contributed by atoms with Crippen molar-refractivity contribution in [2.75, 3.05) is 43.7 Å². The Morgan fingerprint density at radius 1 is 0.939 bits per heavy atom. The lowest BCUT2D eigenvalue weighted by atomic mass is 10.0. The van der Waals surface area contributed by atoms with E-state index in [-0.39, 0.29) is 21.7 Å². The van der Waals surface area contributed by atoms with Crippen LogP contribution in [0.3, 0.4) is 0 Å². The second-order valence-electron chi connectivity index (χ2n) is 11.3. The van der Waals surface area contributed by atoms with Gasteiger partial charge in [0.1, 0.15) is 5.75 Å². The molecule has 1 aliphatic heterocycles. The largest absolute Gasteiger partial charge is 0.573 e. The second kappa shape index (κ2) is 13.6. The molecule has 0 aliphatic carbocycles. The van der Waals surface area contributed by atoms with Crippen molar-refractivity contribution in [3.63, 3.8) is 0 Å². The number of hydrogen-bond acceptors (Lipinski definition) is 9. The summed E-state index contributed by atoms with van der Waals surface area (Å²) >= 11 is 0. The Hall–Kier alpha value is -5.41. The van der Waals surface area contributed by atoms with Gasteiger partial charge < -0.3 is 20.1 Å². The lowest BCUT2D eigenvalue weighted by molar-refractivity contribution is -0.274. The topological polar surface area (TPSA) is 140 Å². The first kappa shape index (κ1) is 33.5. The standard InChI is InChI=1S/C34H31F3N6O5S/c1-47-29-11-13-39-20-24(29)21-42-14-16-43(17-15-42)33(44)23-7-9-28(30(18-23)48-34(35,36)37)41-49(45,46)31-10-8-25(38)19-27(31)26-6-2-4-22-5-3-12-40-32(22)26/h2-13,18-20,41H,14-17,21,38H2,1H3. The molecule has 1 aliphatic rings. The minimum absolute atomic E-state index is 0.0976. The van der Waals surface area contributed by atoms with Crippen LogP contribution in [0.1, 0.15) is 15.9 Å². The van der Waals surface area contributed by atoms with Crippen molar-refractivity contribution < 1.29 is 35.9 Å². The van der Waals surface area contributed by atoms with Gasteiger partial charge >= 0.3 is 6.36 Å². The molecule has 49 heavy (non-hydrogen) atoms. The maximum absolute atomic E-state index is 13.8. The zero-order valence-corrected chi connectivity index (χ0v) is 27.0. The van der Waals surface area contributed by atoms with Gasteiger partial charge in [0.15, 0.2) is 5.75 Å². The summed E-state index contributed by atoms with van der Waals surface area (Å²) < 4.78 is 80.3. The number of pyridine rings is 2. The van der Waals surface area contributed by atoms with E-state index >= 15 is 0 Å². The number of amides is 1. The van der Waals surface area contributed by atoms with Crippen molar-refractivity contribution in [2.24, 2.45) is 0 Å². The molecule has 5 aromatic rings. The van der Waals surface area contributed by atoms with Crippen LogP contribution in [0.5, 0.6) is 11.5 Å². The van der Waals surface area contributed by atoms with Gasteiger partial charge in [0, 0.05) is 84.6 Å². The van der Waals surface area contributed by atoms with E-state index in [4.69, 9.17) is 10.5 Å². The van der Waals surface area contributed by atoms with Gasteiger partial charge in [-0.15, -0.1) is 13.2 Å². The van der Waals surface area contributed by atoms with E-state index < -0.39 is 33.7 Å². The molecule has 254 valence electrons. The van der Waals surface area contributed by atoms with Crippen LogP contribution in [0.25, 0.3) is 22.0 Å². The number of aromatic nitrogens is 2. The van der Waals surface area contributed by atoms with Gasteiger partial charge in [-0.25, -0.2) is 8.42 Å². The number of fused-ring (bicyclic) bond motifs is 1. The van der Waals surface area contributed by atoms with Gasteiger partial charge in [-0.3, -0.25) is 24.4 Å².